The molecule has 0 saturated heterocycles. The molecule has 3 rings (SSSR count). The molecule has 8 heteroatoms. The molecule has 3 aromatic rings. The molecule has 0 N–H and O–H groups in total. The zero-order valence-corrected chi connectivity index (χ0v) is 16.5. The smallest absolute Gasteiger partial charge is 0.254 e. The number of benzene rings is 1. The van der Waals surface area contributed by atoms with Crippen LogP contribution in [0.15, 0.2) is 48.9 Å². The second-order valence-electron chi connectivity index (χ2n) is 6.05. The molecule has 0 bridgehead atoms. The fourth-order valence-corrected chi connectivity index (χ4v) is 3.41. The van der Waals surface area contributed by atoms with E-state index in [2.05, 4.69) is 15.1 Å². The normalized spacial score (nSPS) is 12.0. The van der Waals surface area contributed by atoms with Crippen LogP contribution in [0.1, 0.15) is 42.5 Å². The molecular formula is C19H19Cl2N5O. The highest BCUT2D eigenvalue weighted by Crippen LogP contribution is 2.25. The van der Waals surface area contributed by atoms with Gasteiger partial charge in [-0.25, -0.2) is 9.97 Å². The lowest BCUT2D eigenvalue weighted by Gasteiger charge is -2.28. The topological polar surface area (TPSA) is 63.9 Å². The van der Waals surface area contributed by atoms with Crippen molar-refractivity contribution in [2.24, 2.45) is 0 Å². The van der Waals surface area contributed by atoms with Crippen LogP contribution < -0.4 is 0 Å². The van der Waals surface area contributed by atoms with Gasteiger partial charge in [-0.05, 0) is 43.7 Å². The fourth-order valence-electron chi connectivity index (χ4n) is 2.89. The van der Waals surface area contributed by atoms with Crippen molar-refractivity contribution in [3.05, 3.63) is 70.4 Å². The van der Waals surface area contributed by atoms with E-state index in [9.17, 15) is 4.79 Å². The van der Waals surface area contributed by atoms with Crippen molar-refractivity contribution >= 4 is 29.1 Å². The number of aromatic nitrogens is 4. The summed E-state index contributed by atoms with van der Waals surface area (Å²) in [5, 5.41) is 5.12. The molecule has 0 saturated carbocycles. The van der Waals surface area contributed by atoms with Crippen LogP contribution in [0.5, 0.6) is 0 Å². The monoisotopic (exact) mass is 403 g/mol. The zero-order valence-electron chi connectivity index (χ0n) is 15.0. The first kappa shape index (κ1) is 19.3. The number of nitrogens with zero attached hydrogens (tertiary/aromatic N) is 5. The summed E-state index contributed by atoms with van der Waals surface area (Å²) in [4.78, 5) is 23.6. The molecule has 0 aliphatic carbocycles. The zero-order chi connectivity index (χ0) is 19.4. The van der Waals surface area contributed by atoms with Crippen LogP contribution in [-0.2, 0) is 0 Å². The molecule has 1 aromatic carbocycles. The molecule has 0 aliphatic rings. The van der Waals surface area contributed by atoms with Gasteiger partial charge in [-0.15, -0.1) is 0 Å². The number of rotatable bonds is 6. The van der Waals surface area contributed by atoms with E-state index >= 15 is 0 Å². The quantitative estimate of drug-likeness (QED) is 0.603. The van der Waals surface area contributed by atoms with Crippen LogP contribution in [0.25, 0.3) is 5.82 Å². The van der Waals surface area contributed by atoms with Gasteiger partial charge >= 0.3 is 0 Å². The van der Waals surface area contributed by atoms with Crippen LogP contribution >= 0.6 is 23.2 Å². The second kappa shape index (κ2) is 8.50. The number of hydrogen-bond acceptors (Lipinski definition) is 4. The largest absolute Gasteiger partial charge is 0.329 e. The summed E-state index contributed by atoms with van der Waals surface area (Å²) in [5.41, 5.74) is 0.441. The van der Waals surface area contributed by atoms with E-state index < -0.39 is 0 Å². The van der Waals surface area contributed by atoms with Crippen LogP contribution in [0.3, 0.4) is 0 Å². The lowest BCUT2D eigenvalue weighted by atomic mass is 10.1. The summed E-state index contributed by atoms with van der Waals surface area (Å²) < 4.78 is 1.64. The highest BCUT2D eigenvalue weighted by Gasteiger charge is 2.26. The highest BCUT2D eigenvalue weighted by atomic mass is 35.5. The summed E-state index contributed by atoms with van der Waals surface area (Å²) in [6, 6.07) is 10.1. The predicted octanol–water partition coefficient (Wildman–Crippen LogP) is 4.58. The SMILES string of the molecule is CCCN(C(=O)c1cc(Cl)cc(Cl)c1)C(C)c1ncnn1-c1ccccn1. The maximum atomic E-state index is 13.2. The highest BCUT2D eigenvalue weighted by molar-refractivity contribution is 6.35. The molecule has 1 unspecified atom stereocenters. The maximum Gasteiger partial charge on any atom is 0.254 e. The van der Waals surface area contributed by atoms with Crippen molar-refractivity contribution in [2.75, 3.05) is 6.54 Å². The van der Waals surface area contributed by atoms with Gasteiger partial charge in [-0.2, -0.15) is 9.78 Å². The van der Waals surface area contributed by atoms with E-state index in [-0.39, 0.29) is 11.9 Å². The lowest BCUT2D eigenvalue weighted by Crippen LogP contribution is -2.35. The number of halogens is 2. The minimum absolute atomic E-state index is 0.163. The first-order valence-electron chi connectivity index (χ1n) is 8.59. The second-order valence-corrected chi connectivity index (χ2v) is 6.92. The van der Waals surface area contributed by atoms with Crippen LogP contribution in [0, 0.1) is 0 Å². The van der Waals surface area contributed by atoms with E-state index in [1.807, 2.05) is 32.0 Å². The third-order valence-electron chi connectivity index (χ3n) is 4.12. The maximum absolute atomic E-state index is 13.2. The van der Waals surface area contributed by atoms with Gasteiger partial charge < -0.3 is 4.90 Å². The Morgan fingerprint density at radius 1 is 1.19 bits per heavy atom. The number of carbonyl (C=O) groups excluding carboxylic acids is 1. The summed E-state index contributed by atoms with van der Waals surface area (Å²) in [6.07, 6.45) is 3.95. The molecule has 27 heavy (non-hydrogen) atoms. The Bertz CT molecular complexity index is 909. The molecule has 1 atom stereocenters. The summed E-state index contributed by atoms with van der Waals surface area (Å²) in [7, 11) is 0. The van der Waals surface area contributed by atoms with Gasteiger partial charge in [-0.1, -0.05) is 36.2 Å². The molecule has 0 radical (unpaired) electrons. The Labute approximate surface area is 167 Å². The molecule has 6 nitrogen and oxygen atoms in total. The van der Waals surface area contributed by atoms with E-state index in [0.29, 0.717) is 33.8 Å². The third kappa shape index (κ3) is 4.28. The molecule has 0 fully saturated rings. The number of hydrogen-bond donors (Lipinski definition) is 0. The van der Waals surface area contributed by atoms with Crippen LogP contribution in [-0.4, -0.2) is 37.1 Å². The van der Waals surface area contributed by atoms with E-state index in [0.717, 1.165) is 6.42 Å². The number of amides is 1. The first-order chi connectivity index (χ1) is 13.0. The van der Waals surface area contributed by atoms with Crippen molar-refractivity contribution in [1.29, 1.82) is 0 Å². The van der Waals surface area contributed by atoms with E-state index in [1.165, 1.54) is 6.33 Å². The molecular weight excluding hydrogens is 385 g/mol. The molecule has 1 amide bonds. The van der Waals surface area contributed by atoms with Gasteiger partial charge in [0.2, 0.25) is 0 Å². The summed E-state index contributed by atoms with van der Waals surface area (Å²) in [5.74, 6) is 1.11. The minimum atomic E-state index is -0.320. The first-order valence-corrected chi connectivity index (χ1v) is 9.35. The Balaban J connectivity index is 1.96. The van der Waals surface area contributed by atoms with Gasteiger partial charge in [-0.3, -0.25) is 4.79 Å². The Kier molecular flexibility index (Phi) is 6.08. The molecule has 2 aromatic heterocycles. The average molecular weight is 404 g/mol. The molecule has 2 heterocycles. The summed E-state index contributed by atoms with van der Waals surface area (Å²) >= 11 is 12.1. The number of pyridine rings is 1. The molecule has 0 aliphatic heterocycles. The third-order valence-corrected chi connectivity index (χ3v) is 4.55. The minimum Gasteiger partial charge on any atom is -0.329 e. The van der Waals surface area contributed by atoms with Crippen molar-refractivity contribution in [3.8, 4) is 5.82 Å². The summed E-state index contributed by atoms with van der Waals surface area (Å²) in [6.45, 7) is 4.49. The van der Waals surface area contributed by atoms with Gasteiger partial charge in [0.15, 0.2) is 11.6 Å². The van der Waals surface area contributed by atoms with E-state index in [1.54, 1.807) is 34.0 Å². The van der Waals surface area contributed by atoms with Crippen molar-refractivity contribution < 1.29 is 4.79 Å². The van der Waals surface area contributed by atoms with Gasteiger partial charge in [0, 0.05) is 28.4 Å². The predicted molar refractivity (Wildman–Crippen MR) is 105 cm³/mol. The van der Waals surface area contributed by atoms with E-state index in [4.69, 9.17) is 23.2 Å². The van der Waals surface area contributed by atoms with Gasteiger partial charge in [0.05, 0.1) is 6.04 Å². The van der Waals surface area contributed by atoms with Gasteiger partial charge in [0.1, 0.15) is 6.33 Å². The lowest BCUT2D eigenvalue weighted by molar-refractivity contribution is 0.0681. The molecule has 140 valence electrons. The Hall–Kier alpha value is -2.44. The van der Waals surface area contributed by atoms with Crippen LogP contribution in [0.4, 0.5) is 0 Å². The Morgan fingerprint density at radius 3 is 2.56 bits per heavy atom. The standard InChI is InChI=1S/C19H19Cl2N5O/c1-3-8-25(19(27)14-9-15(20)11-16(21)10-14)13(2)18-23-12-24-26(18)17-6-4-5-7-22-17/h4-7,9-13H,3,8H2,1-2H3. The fraction of sp³-hybridized carbons (Fsp3) is 0.263. The van der Waals surface area contributed by atoms with Gasteiger partial charge in [0.25, 0.3) is 5.91 Å². The average Bonchev–Trinajstić information content (AvgIpc) is 3.15. The van der Waals surface area contributed by atoms with Crippen molar-refractivity contribution in [1.82, 2.24) is 24.6 Å². The van der Waals surface area contributed by atoms with Crippen LogP contribution in [0.2, 0.25) is 10.0 Å². The Morgan fingerprint density at radius 2 is 1.93 bits per heavy atom. The van der Waals surface area contributed by atoms with Crippen molar-refractivity contribution in [2.45, 2.75) is 26.3 Å². The molecule has 0 spiro atoms. The van der Waals surface area contributed by atoms with Crippen molar-refractivity contribution in [3.63, 3.8) is 0 Å². The number of carbonyl (C=O) groups is 1.